The minimum atomic E-state index is 0.684. The SMILES string of the molecule is CCC[C@@H](C)N1Cc2ccc(N)cc2C1. The van der Waals surface area contributed by atoms with Gasteiger partial charge in [-0.2, -0.15) is 0 Å². The average Bonchev–Trinajstić information content (AvgIpc) is 2.60. The molecule has 1 aromatic carbocycles. The predicted molar refractivity (Wildman–Crippen MR) is 64.5 cm³/mol. The molecule has 0 fully saturated rings. The number of nitrogen functional groups attached to an aromatic ring is 1. The molecule has 1 heterocycles. The molecule has 15 heavy (non-hydrogen) atoms. The number of fused-ring (bicyclic) bond motifs is 1. The molecule has 0 amide bonds. The Morgan fingerprint density at radius 2 is 2.07 bits per heavy atom. The summed E-state index contributed by atoms with van der Waals surface area (Å²) in [6.45, 7) is 6.73. The van der Waals surface area contributed by atoms with Crippen molar-refractivity contribution in [2.75, 3.05) is 5.73 Å². The second-order valence-electron chi connectivity index (χ2n) is 4.57. The number of rotatable bonds is 3. The Labute approximate surface area is 92.1 Å². The second kappa shape index (κ2) is 4.23. The molecule has 0 radical (unpaired) electrons. The molecule has 2 N–H and O–H groups in total. The first kappa shape index (κ1) is 10.5. The van der Waals surface area contributed by atoms with Crippen LogP contribution >= 0.6 is 0 Å². The Morgan fingerprint density at radius 3 is 2.80 bits per heavy atom. The molecule has 0 bridgehead atoms. The van der Waals surface area contributed by atoms with Gasteiger partial charge in [-0.15, -0.1) is 0 Å². The summed E-state index contributed by atoms with van der Waals surface area (Å²) in [4.78, 5) is 2.54. The monoisotopic (exact) mass is 204 g/mol. The van der Waals surface area contributed by atoms with E-state index < -0.39 is 0 Å². The largest absolute Gasteiger partial charge is 0.399 e. The number of nitrogens with zero attached hydrogens (tertiary/aromatic N) is 1. The number of benzene rings is 1. The van der Waals surface area contributed by atoms with Gasteiger partial charge in [0.2, 0.25) is 0 Å². The minimum absolute atomic E-state index is 0.684. The maximum absolute atomic E-state index is 5.79. The fourth-order valence-corrected chi connectivity index (χ4v) is 2.35. The molecule has 2 rings (SSSR count). The van der Waals surface area contributed by atoms with Crippen molar-refractivity contribution in [3.8, 4) is 0 Å². The Morgan fingerprint density at radius 1 is 1.33 bits per heavy atom. The Kier molecular flexibility index (Phi) is 2.96. The van der Waals surface area contributed by atoms with Crippen LogP contribution in [0.15, 0.2) is 18.2 Å². The van der Waals surface area contributed by atoms with Gasteiger partial charge in [0.25, 0.3) is 0 Å². The van der Waals surface area contributed by atoms with E-state index in [0.29, 0.717) is 6.04 Å². The minimum Gasteiger partial charge on any atom is -0.399 e. The number of anilines is 1. The quantitative estimate of drug-likeness (QED) is 0.767. The van der Waals surface area contributed by atoms with Crippen LogP contribution in [0.25, 0.3) is 0 Å². The molecule has 1 aromatic rings. The van der Waals surface area contributed by atoms with Gasteiger partial charge in [-0.1, -0.05) is 19.4 Å². The third kappa shape index (κ3) is 2.15. The highest BCUT2D eigenvalue weighted by atomic mass is 15.2. The zero-order chi connectivity index (χ0) is 10.8. The maximum Gasteiger partial charge on any atom is 0.0317 e. The van der Waals surface area contributed by atoms with Gasteiger partial charge >= 0.3 is 0 Å². The first-order valence-electron chi connectivity index (χ1n) is 5.82. The van der Waals surface area contributed by atoms with Crippen LogP contribution in [0.5, 0.6) is 0 Å². The standard InChI is InChI=1S/C13H20N2/c1-3-4-10(2)15-8-11-5-6-13(14)7-12(11)9-15/h5-7,10H,3-4,8-9,14H2,1-2H3/t10-/m1/s1. The van der Waals surface area contributed by atoms with Gasteiger partial charge in [-0.05, 0) is 36.6 Å². The summed E-state index contributed by atoms with van der Waals surface area (Å²) in [6.07, 6.45) is 2.54. The summed E-state index contributed by atoms with van der Waals surface area (Å²) in [7, 11) is 0. The molecule has 1 aliphatic rings. The van der Waals surface area contributed by atoms with Crippen LogP contribution in [0.2, 0.25) is 0 Å². The predicted octanol–water partition coefficient (Wildman–Crippen LogP) is 2.77. The number of hydrogen-bond acceptors (Lipinski definition) is 2. The Bertz CT molecular complexity index is 346. The third-order valence-electron chi connectivity index (χ3n) is 3.31. The molecule has 0 saturated carbocycles. The second-order valence-corrected chi connectivity index (χ2v) is 4.57. The Balaban J connectivity index is 2.08. The summed E-state index contributed by atoms with van der Waals surface area (Å²) in [5, 5.41) is 0. The van der Waals surface area contributed by atoms with Crippen molar-refractivity contribution in [2.45, 2.75) is 45.8 Å². The number of hydrogen-bond donors (Lipinski definition) is 1. The van der Waals surface area contributed by atoms with Crippen LogP contribution in [-0.2, 0) is 13.1 Å². The number of nitrogens with two attached hydrogens (primary N) is 1. The first-order chi connectivity index (χ1) is 7.20. The van der Waals surface area contributed by atoms with E-state index in [-0.39, 0.29) is 0 Å². The highest BCUT2D eigenvalue weighted by molar-refractivity contribution is 5.46. The van der Waals surface area contributed by atoms with Crippen LogP contribution in [0.3, 0.4) is 0 Å². The summed E-state index contributed by atoms with van der Waals surface area (Å²) >= 11 is 0. The molecule has 82 valence electrons. The van der Waals surface area contributed by atoms with Gasteiger partial charge in [0.1, 0.15) is 0 Å². The highest BCUT2D eigenvalue weighted by Crippen LogP contribution is 2.27. The summed E-state index contributed by atoms with van der Waals surface area (Å²) in [6, 6.07) is 6.98. The zero-order valence-corrected chi connectivity index (χ0v) is 9.66. The highest BCUT2D eigenvalue weighted by Gasteiger charge is 2.22. The average molecular weight is 204 g/mol. The molecule has 1 aliphatic heterocycles. The lowest BCUT2D eigenvalue weighted by Gasteiger charge is -2.23. The van der Waals surface area contributed by atoms with Crippen LogP contribution in [0.4, 0.5) is 5.69 Å². The van der Waals surface area contributed by atoms with Gasteiger partial charge in [0.15, 0.2) is 0 Å². The van der Waals surface area contributed by atoms with Crippen molar-refractivity contribution >= 4 is 5.69 Å². The molecule has 0 aliphatic carbocycles. The maximum atomic E-state index is 5.79. The smallest absolute Gasteiger partial charge is 0.0317 e. The van der Waals surface area contributed by atoms with Crippen LogP contribution < -0.4 is 5.73 Å². The molecular formula is C13H20N2. The van der Waals surface area contributed by atoms with Gasteiger partial charge in [0, 0.05) is 24.8 Å². The summed E-state index contributed by atoms with van der Waals surface area (Å²) in [5.41, 5.74) is 9.55. The van der Waals surface area contributed by atoms with Crippen LogP contribution in [0.1, 0.15) is 37.8 Å². The molecule has 0 aromatic heterocycles. The van der Waals surface area contributed by atoms with Gasteiger partial charge in [0.05, 0.1) is 0 Å². The van der Waals surface area contributed by atoms with Crippen LogP contribution in [-0.4, -0.2) is 10.9 Å². The molecule has 0 saturated heterocycles. The normalized spacial score (nSPS) is 17.7. The van der Waals surface area contributed by atoms with Crippen molar-refractivity contribution in [3.63, 3.8) is 0 Å². The van der Waals surface area contributed by atoms with Crippen LogP contribution in [0, 0.1) is 0 Å². The van der Waals surface area contributed by atoms with E-state index in [9.17, 15) is 0 Å². The molecule has 2 heteroatoms. The topological polar surface area (TPSA) is 29.3 Å². The van der Waals surface area contributed by atoms with Crippen molar-refractivity contribution in [3.05, 3.63) is 29.3 Å². The fourth-order valence-electron chi connectivity index (χ4n) is 2.35. The lowest BCUT2D eigenvalue weighted by Crippen LogP contribution is -2.27. The molecule has 0 unspecified atom stereocenters. The van der Waals surface area contributed by atoms with E-state index in [1.165, 1.54) is 24.0 Å². The molecular weight excluding hydrogens is 184 g/mol. The van der Waals surface area contributed by atoms with Crippen molar-refractivity contribution in [2.24, 2.45) is 0 Å². The van der Waals surface area contributed by atoms with Crippen molar-refractivity contribution < 1.29 is 0 Å². The molecule has 2 nitrogen and oxygen atoms in total. The van der Waals surface area contributed by atoms with Gasteiger partial charge in [-0.25, -0.2) is 0 Å². The molecule has 1 atom stereocenters. The Hall–Kier alpha value is -1.02. The third-order valence-corrected chi connectivity index (χ3v) is 3.31. The zero-order valence-electron chi connectivity index (χ0n) is 9.66. The lowest BCUT2D eigenvalue weighted by atomic mass is 10.1. The van der Waals surface area contributed by atoms with E-state index in [0.717, 1.165) is 18.8 Å². The molecule has 0 spiro atoms. The first-order valence-corrected chi connectivity index (χ1v) is 5.82. The van der Waals surface area contributed by atoms with E-state index >= 15 is 0 Å². The van der Waals surface area contributed by atoms with E-state index in [2.05, 4.69) is 30.9 Å². The summed E-state index contributed by atoms with van der Waals surface area (Å²) < 4.78 is 0. The van der Waals surface area contributed by atoms with E-state index in [1.807, 2.05) is 6.07 Å². The van der Waals surface area contributed by atoms with Crippen molar-refractivity contribution in [1.29, 1.82) is 0 Å². The van der Waals surface area contributed by atoms with Gasteiger partial charge in [-0.3, -0.25) is 4.90 Å². The van der Waals surface area contributed by atoms with E-state index in [4.69, 9.17) is 5.73 Å². The fraction of sp³-hybridized carbons (Fsp3) is 0.538. The lowest BCUT2D eigenvalue weighted by molar-refractivity contribution is 0.202. The van der Waals surface area contributed by atoms with Crippen molar-refractivity contribution in [1.82, 2.24) is 4.90 Å². The van der Waals surface area contributed by atoms with E-state index in [1.54, 1.807) is 0 Å². The summed E-state index contributed by atoms with van der Waals surface area (Å²) in [5.74, 6) is 0. The van der Waals surface area contributed by atoms with Gasteiger partial charge < -0.3 is 5.73 Å².